The molecule has 2 amide bonds. The van der Waals surface area contributed by atoms with Crippen molar-refractivity contribution in [3.05, 3.63) is 0 Å². The maximum atomic E-state index is 13.0. The molecule has 0 radical (unpaired) electrons. The van der Waals surface area contributed by atoms with E-state index in [1.165, 1.54) is 7.11 Å². The number of nitrogens with zero attached hydrogens (tertiary/aromatic N) is 1. The van der Waals surface area contributed by atoms with Crippen LogP contribution in [0.1, 0.15) is 46.0 Å². The van der Waals surface area contributed by atoms with E-state index >= 15 is 0 Å². The van der Waals surface area contributed by atoms with Crippen LogP contribution in [0.25, 0.3) is 0 Å². The number of hydrogen-bond acceptors (Lipinski definition) is 10. The number of phosphoric ester groups is 1. The van der Waals surface area contributed by atoms with Gasteiger partial charge in [0.2, 0.25) is 21.8 Å². The average molecular weight is 496 g/mol. The molecule has 0 aromatic carbocycles. The summed E-state index contributed by atoms with van der Waals surface area (Å²) in [5.41, 5.74) is -0.892. The fraction of sp³-hybridized carbons (Fsp3) is 0.833. The minimum Gasteiger partial charge on any atom is -0.469 e. The second-order valence-corrected chi connectivity index (χ2v) is 12.4. The highest BCUT2D eigenvalue weighted by molar-refractivity contribution is 7.90. The summed E-state index contributed by atoms with van der Waals surface area (Å²) in [5, 5.41) is 1.71. The molecule has 0 aromatic rings. The third-order valence-electron chi connectivity index (χ3n) is 5.92. The van der Waals surface area contributed by atoms with Crippen molar-refractivity contribution >= 4 is 35.6 Å². The molecule has 1 N–H and O–H groups in total. The van der Waals surface area contributed by atoms with Crippen LogP contribution in [0.2, 0.25) is 0 Å². The molecule has 1 saturated carbocycles. The molecule has 14 heteroatoms. The Bertz CT molecular complexity index is 921. The van der Waals surface area contributed by atoms with Gasteiger partial charge in [0.25, 0.3) is 0 Å². The van der Waals surface area contributed by atoms with E-state index in [4.69, 9.17) is 13.6 Å². The van der Waals surface area contributed by atoms with Crippen molar-refractivity contribution in [3.63, 3.8) is 0 Å². The van der Waals surface area contributed by atoms with E-state index in [-0.39, 0.29) is 19.6 Å². The fourth-order valence-corrected chi connectivity index (χ4v) is 7.75. The zero-order chi connectivity index (χ0) is 23.7. The lowest BCUT2D eigenvalue weighted by Crippen LogP contribution is -2.50. The first-order valence-corrected chi connectivity index (χ1v) is 13.3. The van der Waals surface area contributed by atoms with E-state index in [9.17, 15) is 27.4 Å². The highest BCUT2D eigenvalue weighted by Gasteiger charge is 2.54. The molecule has 182 valence electrons. The molecule has 2 heterocycles. The van der Waals surface area contributed by atoms with Crippen LogP contribution in [0.5, 0.6) is 0 Å². The van der Waals surface area contributed by atoms with Crippen LogP contribution in [0.15, 0.2) is 0 Å². The monoisotopic (exact) mass is 496 g/mol. The van der Waals surface area contributed by atoms with E-state index in [1.807, 2.05) is 0 Å². The van der Waals surface area contributed by atoms with Gasteiger partial charge in [-0.1, -0.05) is 26.7 Å². The Kier molecular flexibility index (Phi) is 7.36. The SMILES string of the molecule is COC(=O)CCNC(=O)[C@@H]1O[P@@](=O)(OCN2C(=O)C3CCCCC3S2(=O)=O)OCC1(C)C. The van der Waals surface area contributed by atoms with Crippen LogP contribution < -0.4 is 5.32 Å². The van der Waals surface area contributed by atoms with Gasteiger partial charge in [-0.25, -0.2) is 17.3 Å². The average Bonchev–Trinajstić information content (AvgIpc) is 2.94. The Labute approximate surface area is 186 Å². The number of sulfonamides is 1. The van der Waals surface area contributed by atoms with Crippen molar-refractivity contribution in [2.75, 3.05) is 27.0 Å². The molecular formula is C18H29N2O10PS. The van der Waals surface area contributed by atoms with Crippen molar-refractivity contribution in [1.29, 1.82) is 0 Å². The summed E-state index contributed by atoms with van der Waals surface area (Å²) < 4.78 is 59.4. The Morgan fingerprint density at radius 1 is 1.28 bits per heavy atom. The molecule has 3 rings (SSSR count). The lowest BCUT2D eigenvalue weighted by molar-refractivity contribution is -0.144. The summed E-state index contributed by atoms with van der Waals surface area (Å²) in [5.74, 6) is -2.36. The van der Waals surface area contributed by atoms with Crippen LogP contribution in [-0.4, -0.2) is 68.9 Å². The fourth-order valence-electron chi connectivity index (χ4n) is 4.05. The van der Waals surface area contributed by atoms with Gasteiger partial charge < -0.3 is 10.1 Å². The summed E-state index contributed by atoms with van der Waals surface area (Å²) in [4.78, 5) is 36.4. The van der Waals surface area contributed by atoms with Crippen LogP contribution in [0, 0.1) is 11.3 Å². The Balaban J connectivity index is 1.65. The van der Waals surface area contributed by atoms with Crippen LogP contribution >= 0.6 is 7.82 Å². The molecule has 0 bridgehead atoms. The van der Waals surface area contributed by atoms with E-state index in [1.54, 1.807) is 13.8 Å². The number of phosphoric acid groups is 1. The van der Waals surface area contributed by atoms with E-state index < -0.39 is 65.0 Å². The Morgan fingerprint density at radius 2 is 1.97 bits per heavy atom. The van der Waals surface area contributed by atoms with Gasteiger partial charge in [0.1, 0.15) is 6.73 Å². The zero-order valence-electron chi connectivity index (χ0n) is 18.3. The van der Waals surface area contributed by atoms with E-state index in [0.717, 1.165) is 12.8 Å². The summed E-state index contributed by atoms with van der Waals surface area (Å²) in [6.07, 6.45) is 1.04. The summed E-state index contributed by atoms with van der Waals surface area (Å²) in [7, 11) is -7.06. The first-order chi connectivity index (χ1) is 14.9. The van der Waals surface area contributed by atoms with Crippen molar-refractivity contribution in [3.8, 4) is 0 Å². The third-order valence-corrected chi connectivity index (χ3v) is 9.50. The smallest absolute Gasteiger partial charge is 0.469 e. The van der Waals surface area contributed by atoms with Gasteiger partial charge in [0.15, 0.2) is 6.10 Å². The van der Waals surface area contributed by atoms with Gasteiger partial charge in [-0.3, -0.25) is 28.0 Å². The maximum Gasteiger partial charge on any atom is 0.477 e. The predicted octanol–water partition coefficient (Wildman–Crippen LogP) is 0.920. The largest absolute Gasteiger partial charge is 0.477 e. The molecule has 4 atom stereocenters. The van der Waals surface area contributed by atoms with Gasteiger partial charge in [0, 0.05) is 12.0 Å². The normalized spacial score (nSPS) is 33.4. The Morgan fingerprint density at radius 3 is 2.62 bits per heavy atom. The van der Waals surface area contributed by atoms with Gasteiger partial charge in [0.05, 0.1) is 31.3 Å². The number of hydrogen-bond donors (Lipinski definition) is 1. The van der Waals surface area contributed by atoms with E-state index in [2.05, 4.69) is 10.1 Å². The lowest BCUT2D eigenvalue weighted by atomic mass is 9.87. The van der Waals surface area contributed by atoms with Crippen LogP contribution in [0.3, 0.4) is 0 Å². The lowest BCUT2D eigenvalue weighted by Gasteiger charge is -2.39. The van der Waals surface area contributed by atoms with Crippen molar-refractivity contribution < 1.29 is 45.7 Å². The molecule has 1 aliphatic carbocycles. The minimum atomic E-state index is -4.35. The molecule has 2 unspecified atom stereocenters. The second kappa shape index (κ2) is 9.38. The second-order valence-electron chi connectivity index (χ2n) is 8.73. The molecule has 12 nitrogen and oxygen atoms in total. The molecule has 2 aliphatic heterocycles. The number of amides is 2. The van der Waals surface area contributed by atoms with Gasteiger partial charge >= 0.3 is 13.8 Å². The first kappa shape index (κ1) is 25.1. The summed E-state index contributed by atoms with van der Waals surface area (Å²) in [6, 6.07) is 0. The first-order valence-electron chi connectivity index (χ1n) is 10.4. The Hall–Kier alpha value is -1.53. The summed E-state index contributed by atoms with van der Waals surface area (Å²) in [6.45, 7) is 2.30. The molecule has 32 heavy (non-hydrogen) atoms. The number of carbonyl (C=O) groups is 3. The molecule has 0 spiro atoms. The van der Waals surface area contributed by atoms with Gasteiger partial charge in [-0.2, -0.15) is 0 Å². The molecular weight excluding hydrogens is 467 g/mol. The molecule has 3 aliphatic rings. The van der Waals surface area contributed by atoms with Crippen LogP contribution in [0.4, 0.5) is 0 Å². The number of carbonyl (C=O) groups excluding carboxylic acids is 3. The van der Waals surface area contributed by atoms with Crippen molar-refractivity contribution in [2.45, 2.75) is 57.3 Å². The number of ether oxygens (including phenoxy) is 1. The number of esters is 1. The third kappa shape index (κ3) is 5.01. The van der Waals surface area contributed by atoms with Gasteiger partial charge in [-0.15, -0.1) is 0 Å². The van der Waals surface area contributed by atoms with E-state index in [0.29, 0.717) is 17.1 Å². The highest BCUT2D eigenvalue weighted by atomic mass is 32.2. The molecule has 3 fully saturated rings. The topological polar surface area (TPSA) is 155 Å². The quantitative estimate of drug-likeness (QED) is 0.397. The van der Waals surface area contributed by atoms with Crippen LogP contribution in [-0.2, 0) is 47.3 Å². The van der Waals surface area contributed by atoms with Gasteiger partial charge in [-0.05, 0) is 12.8 Å². The van der Waals surface area contributed by atoms with Crippen molar-refractivity contribution in [2.24, 2.45) is 11.3 Å². The number of nitrogens with one attached hydrogen (secondary N) is 1. The minimum absolute atomic E-state index is 0.0171. The number of rotatable bonds is 7. The maximum absolute atomic E-state index is 13.0. The number of fused-ring (bicyclic) bond motifs is 1. The summed E-state index contributed by atoms with van der Waals surface area (Å²) >= 11 is 0. The predicted molar refractivity (Wildman–Crippen MR) is 109 cm³/mol. The standard InChI is InChI=1S/C18H29N2O10PS/c1-18(2)10-28-31(24,30-15(18)16(22)19-9-8-14(21)27-3)29-11-20-17(23)12-6-4-5-7-13(12)32(20,25)26/h12-13,15H,4-11H2,1-3H3,(H,19,22)/t12?,13?,15-,31+/m0/s1. The molecule has 2 saturated heterocycles. The zero-order valence-corrected chi connectivity index (χ0v) is 20.0. The molecule has 0 aromatic heterocycles. The highest BCUT2D eigenvalue weighted by Crippen LogP contribution is 2.57. The van der Waals surface area contributed by atoms with Crippen molar-refractivity contribution in [1.82, 2.24) is 9.62 Å². The number of methoxy groups -OCH3 is 1.